The van der Waals surface area contributed by atoms with Crippen LogP contribution in [0.5, 0.6) is 0 Å². The summed E-state index contributed by atoms with van der Waals surface area (Å²) in [5.74, 6) is 0. The van der Waals surface area contributed by atoms with E-state index < -0.39 is 56.8 Å². The van der Waals surface area contributed by atoms with Gasteiger partial charge in [-0.2, -0.15) is 13.2 Å². The Balaban J connectivity index is 2.36. The van der Waals surface area contributed by atoms with E-state index in [4.69, 9.17) is 13.9 Å². The second-order valence-electron chi connectivity index (χ2n) is 8.87. The van der Waals surface area contributed by atoms with E-state index in [2.05, 4.69) is 10.3 Å². The molecule has 2 N–H and O–H groups in total. The summed E-state index contributed by atoms with van der Waals surface area (Å²) in [5.41, 5.74) is -1.27. The number of hydrogen-bond acceptors (Lipinski definition) is 6. The Bertz CT molecular complexity index is 834. The number of halogens is 3. The topological polar surface area (TPSA) is 94.6 Å². The van der Waals surface area contributed by atoms with Crippen molar-refractivity contribution in [3.05, 3.63) is 33.1 Å². The molecule has 0 unspecified atom stereocenters. The van der Waals surface area contributed by atoms with Gasteiger partial charge in [0.05, 0.1) is 6.54 Å². The van der Waals surface area contributed by atoms with Crippen molar-refractivity contribution in [3.63, 3.8) is 0 Å². The molecule has 0 radical (unpaired) electrons. The molecule has 12 heteroatoms. The first kappa shape index (κ1) is 24.8. The molecule has 1 saturated heterocycles. The van der Waals surface area contributed by atoms with Gasteiger partial charge in [-0.25, -0.2) is 4.79 Å². The normalized spacial score (nSPS) is 25.6. The summed E-state index contributed by atoms with van der Waals surface area (Å²) in [6, 6.07) is 1.16. The number of rotatable bonds is 7. The van der Waals surface area contributed by atoms with Crippen molar-refractivity contribution in [1.82, 2.24) is 14.9 Å². The Morgan fingerprint density at radius 1 is 1.23 bits per heavy atom. The van der Waals surface area contributed by atoms with E-state index in [1.54, 1.807) is 0 Å². The van der Waals surface area contributed by atoms with Crippen LogP contribution in [0.4, 0.5) is 13.2 Å². The molecule has 0 bridgehead atoms. The van der Waals surface area contributed by atoms with Crippen molar-refractivity contribution in [2.75, 3.05) is 20.2 Å². The monoisotopic (exact) mass is 453 g/mol. The van der Waals surface area contributed by atoms with Crippen LogP contribution in [0.3, 0.4) is 0 Å². The lowest BCUT2D eigenvalue weighted by Gasteiger charge is -2.40. The predicted molar refractivity (Wildman–Crippen MR) is 107 cm³/mol. The van der Waals surface area contributed by atoms with E-state index >= 15 is 0 Å². The third kappa shape index (κ3) is 5.81. The summed E-state index contributed by atoms with van der Waals surface area (Å²) >= 11 is 0. The SMILES string of the molecule is CO[C@@H]1[C@H](O[Si](C)(C)C(C)(C)C)[C@@H](CNCC(F)(F)F)O[C@H]1n1ccc(=O)[nH]c1=O. The van der Waals surface area contributed by atoms with Gasteiger partial charge >= 0.3 is 11.9 Å². The maximum Gasteiger partial charge on any atom is 0.401 e. The number of hydrogen-bond donors (Lipinski definition) is 2. The number of aromatic amines is 1. The van der Waals surface area contributed by atoms with Crippen LogP contribution < -0.4 is 16.6 Å². The average molecular weight is 454 g/mol. The van der Waals surface area contributed by atoms with Crippen LogP contribution in [-0.4, -0.2) is 62.6 Å². The molecule has 1 aliphatic rings. The number of nitrogens with one attached hydrogen (secondary N) is 2. The minimum atomic E-state index is -4.37. The molecule has 0 aromatic carbocycles. The van der Waals surface area contributed by atoms with Crippen LogP contribution in [0.1, 0.15) is 27.0 Å². The number of nitrogens with zero attached hydrogens (tertiary/aromatic N) is 1. The lowest BCUT2D eigenvalue weighted by Crippen LogP contribution is -2.51. The zero-order valence-electron chi connectivity index (χ0n) is 18.0. The van der Waals surface area contributed by atoms with E-state index in [9.17, 15) is 22.8 Å². The summed E-state index contributed by atoms with van der Waals surface area (Å²) in [6.07, 6.45) is -6.33. The smallest absolute Gasteiger partial charge is 0.401 e. The summed E-state index contributed by atoms with van der Waals surface area (Å²) in [5, 5.41) is 2.18. The minimum absolute atomic E-state index is 0.146. The first-order valence-corrected chi connectivity index (χ1v) is 12.5. The predicted octanol–water partition coefficient (Wildman–Crippen LogP) is 1.99. The minimum Gasteiger partial charge on any atom is -0.408 e. The fraction of sp³-hybridized carbons (Fsp3) is 0.778. The number of H-pyrrole nitrogens is 1. The van der Waals surface area contributed by atoms with E-state index in [-0.39, 0.29) is 11.6 Å². The highest BCUT2D eigenvalue weighted by Gasteiger charge is 2.51. The molecule has 0 aliphatic carbocycles. The van der Waals surface area contributed by atoms with E-state index in [1.165, 1.54) is 13.3 Å². The van der Waals surface area contributed by atoms with Gasteiger partial charge in [0.15, 0.2) is 14.5 Å². The van der Waals surface area contributed by atoms with Crippen LogP contribution >= 0.6 is 0 Å². The Morgan fingerprint density at radius 2 is 1.87 bits per heavy atom. The third-order valence-corrected chi connectivity index (χ3v) is 10.1. The Kier molecular flexibility index (Phi) is 7.39. The highest BCUT2D eigenvalue weighted by Crippen LogP contribution is 2.41. The van der Waals surface area contributed by atoms with Gasteiger partial charge in [0.25, 0.3) is 5.56 Å². The highest BCUT2D eigenvalue weighted by molar-refractivity contribution is 6.74. The molecule has 0 spiro atoms. The standard InChI is InChI=1S/C18H30F3N3O5Si/c1-17(2,3)30(5,6)29-13-11(9-22-10-18(19,20)21)28-15(14(13)27-4)24-8-7-12(25)23-16(24)26/h7-8,11,13-15,22H,9-10H2,1-6H3,(H,23,25,26)/t11-,13-,14-,15-/m1/s1. The first-order valence-electron chi connectivity index (χ1n) is 9.61. The molecular weight excluding hydrogens is 423 g/mol. The third-order valence-electron chi connectivity index (χ3n) is 5.59. The lowest BCUT2D eigenvalue weighted by molar-refractivity contribution is -0.126. The number of ether oxygens (including phenoxy) is 2. The second-order valence-corrected chi connectivity index (χ2v) is 13.6. The highest BCUT2D eigenvalue weighted by atomic mass is 28.4. The van der Waals surface area contributed by atoms with Gasteiger partial charge in [0.2, 0.25) is 0 Å². The lowest BCUT2D eigenvalue weighted by atomic mass is 10.1. The molecule has 1 aromatic rings. The van der Waals surface area contributed by atoms with Gasteiger partial charge in [0, 0.05) is 25.9 Å². The Labute approximate surface area is 173 Å². The van der Waals surface area contributed by atoms with Gasteiger partial charge < -0.3 is 19.2 Å². The molecule has 1 fully saturated rings. The Hall–Kier alpha value is -1.47. The van der Waals surface area contributed by atoms with Gasteiger partial charge in [-0.15, -0.1) is 0 Å². The van der Waals surface area contributed by atoms with Crippen LogP contribution in [0.15, 0.2) is 21.9 Å². The van der Waals surface area contributed by atoms with E-state index in [0.717, 1.165) is 10.6 Å². The molecular formula is C18H30F3N3O5Si. The molecule has 1 aromatic heterocycles. The van der Waals surface area contributed by atoms with Gasteiger partial charge in [-0.1, -0.05) is 20.8 Å². The van der Waals surface area contributed by atoms with Gasteiger partial charge in [0.1, 0.15) is 18.3 Å². The molecule has 2 heterocycles. The second kappa shape index (κ2) is 8.95. The van der Waals surface area contributed by atoms with Crippen molar-refractivity contribution in [2.24, 2.45) is 0 Å². The van der Waals surface area contributed by atoms with Crippen LogP contribution in [0.2, 0.25) is 18.1 Å². The summed E-state index contributed by atoms with van der Waals surface area (Å²) < 4.78 is 56.9. The fourth-order valence-corrected chi connectivity index (χ4v) is 4.31. The zero-order chi connectivity index (χ0) is 22.9. The summed E-state index contributed by atoms with van der Waals surface area (Å²) in [4.78, 5) is 25.8. The van der Waals surface area contributed by atoms with E-state index in [1.807, 2.05) is 33.9 Å². The van der Waals surface area contributed by atoms with Crippen molar-refractivity contribution >= 4 is 8.32 Å². The summed E-state index contributed by atoms with van der Waals surface area (Å²) in [6.45, 7) is 8.82. The number of aromatic nitrogens is 2. The maximum atomic E-state index is 12.6. The molecule has 172 valence electrons. The maximum absolute atomic E-state index is 12.6. The molecule has 30 heavy (non-hydrogen) atoms. The molecule has 0 amide bonds. The molecule has 8 nitrogen and oxygen atoms in total. The van der Waals surface area contributed by atoms with Crippen molar-refractivity contribution in [1.29, 1.82) is 0 Å². The van der Waals surface area contributed by atoms with Crippen LogP contribution in [0, 0.1) is 0 Å². The number of alkyl halides is 3. The van der Waals surface area contributed by atoms with Gasteiger partial charge in [-0.05, 0) is 18.1 Å². The fourth-order valence-electron chi connectivity index (χ4n) is 2.99. The van der Waals surface area contributed by atoms with E-state index in [0.29, 0.717) is 0 Å². The number of methoxy groups -OCH3 is 1. The van der Waals surface area contributed by atoms with Crippen molar-refractivity contribution in [2.45, 2.75) is 69.6 Å². The average Bonchev–Trinajstić information content (AvgIpc) is 2.89. The zero-order valence-corrected chi connectivity index (χ0v) is 19.0. The quantitative estimate of drug-likeness (QED) is 0.614. The van der Waals surface area contributed by atoms with Crippen LogP contribution in [0.25, 0.3) is 0 Å². The molecule has 4 atom stereocenters. The van der Waals surface area contributed by atoms with Crippen molar-refractivity contribution in [3.8, 4) is 0 Å². The largest absolute Gasteiger partial charge is 0.408 e. The molecule has 1 aliphatic heterocycles. The molecule has 0 saturated carbocycles. The molecule has 2 rings (SSSR count). The Morgan fingerprint density at radius 3 is 2.37 bits per heavy atom. The first-order chi connectivity index (χ1) is 13.7. The van der Waals surface area contributed by atoms with Crippen LogP contribution in [-0.2, 0) is 13.9 Å². The van der Waals surface area contributed by atoms with Gasteiger partial charge in [-0.3, -0.25) is 14.3 Å². The van der Waals surface area contributed by atoms with Crippen molar-refractivity contribution < 1.29 is 27.1 Å². The summed E-state index contributed by atoms with van der Waals surface area (Å²) in [7, 11) is -0.932.